The van der Waals surface area contributed by atoms with Gasteiger partial charge < -0.3 is 19.9 Å². The molecule has 7 rings (SSSR count). The number of carbonyl (C=O) groups excluding carboxylic acids is 1. The molecule has 0 bridgehead atoms. The van der Waals surface area contributed by atoms with Gasteiger partial charge in [0.15, 0.2) is 0 Å². The minimum Gasteiger partial charge on any atom is -0.492 e. The Kier molecular flexibility index (Phi) is 6.83. The Labute approximate surface area is 247 Å². The molecule has 6 aromatic rings. The Morgan fingerprint density at radius 3 is 2.67 bits per heavy atom. The lowest BCUT2D eigenvalue weighted by molar-refractivity contribution is -0.117. The number of ether oxygens (including phenoxy) is 1. The lowest BCUT2D eigenvalue weighted by atomic mass is 10.0. The Balaban J connectivity index is 1.23. The summed E-state index contributed by atoms with van der Waals surface area (Å²) in [5.74, 6) is 0.238. The first kappa shape index (κ1) is 26.8. The Morgan fingerprint density at radius 1 is 0.977 bits per heavy atom. The van der Waals surface area contributed by atoms with Crippen LogP contribution in [0.15, 0.2) is 73.2 Å². The van der Waals surface area contributed by atoms with Crippen LogP contribution >= 0.6 is 0 Å². The Morgan fingerprint density at radius 2 is 1.84 bits per heavy atom. The van der Waals surface area contributed by atoms with Gasteiger partial charge in [-0.15, -0.1) is 0 Å². The van der Waals surface area contributed by atoms with Crippen molar-refractivity contribution in [1.82, 2.24) is 30.0 Å². The molecule has 0 saturated heterocycles. The standard InChI is InChI=1S/C33H30FN7O2/c1-41(2)9-10-43-25-13-21(11-23(34)15-25)31-27-16-30(38-28(27)7-8-36-31)32-26-14-20(5-6-29(26)39-40-32)22-12-24(18-35-17-22)37-33(42)19-3-4-19/h5-8,11-19,38H,3-4,9-10H2,1-2H3,(H,37,42)(H,39,40). The van der Waals surface area contributed by atoms with E-state index in [-0.39, 0.29) is 17.6 Å². The van der Waals surface area contributed by atoms with Crippen molar-refractivity contribution in [3.05, 3.63) is 79.0 Å². The van der Waals surface area contributed by atoms with E-state index in [1.807, 2.05) is 55.4 Å². The second-order valence-electron chi connectivity index (χ2n) is 11.2. The summed E-state index contributed by atoms with van der Waals surface area (Å²) in [7, 11) is 3.92. The molecule has 43 heavy (non-hydrogen) atoms. The summed E-state index contributed by atoms with van der Waals surface area (Å²) in [6.45, 7) is 1.17. The van der Waals surface area contributed by atoms with Crippen LogP contribution in [0.4, 0.5) is 10.1 Å². The number of H-pyrrole nitrogens is 2. The van der Waals surface area contributed by atoms with E-state index in [1.54, 1.807) is 18.6 Å². The number of nitrogens with one attached hydrogen (secondary N) is 3. The van der Waals surface area contributed by atoms with Gasteiger partial charge in [-0.1, -0.05) is 6.07 Å². The number of likely N-dealkylation sites (N-methyl/N-ethyl adjacent to an activating group) is 1. The molecule has 10 heteroatoms. The van der Waals surface area contributed by atoms with Crippen LogP contribution in [0.1, 0.15) is 12.8 Å². The van der Waals surface area contributed by atoms with Crippen molar-refractivity contribution in [2.75, 3.05) is 32.6 Å². The Bertz CT molecular complexity index is 1980. The molecular weight excluding hydrogens is 545 g/mol. The summed E-state index contributed by atoms with van der Waals surface area (Å²) in [6, 6.07) is 16.5. The summed E-state index contributed by atoms with van der Waals surface area (Å²) in [5.41, 5.74) is 7.08. The zero-order valence-corrected chi connectivity index (χ0v) is 23.8. The van der Waals surface area contributed by atoms with Crippen LogP contribution in [0.2, 0.25) is 0 Å². The number of pyridine rings is 2. The second-order valence-corrected chi connectivity index (χ2v) is 11.2. The van der Waals surface area contributed by atoms with Gasteiger partial charge in [0.05, 0.1) is 28.8 Å². The number of amides is 1. The summed E-state index contributed by atoms with van der Waals surface area (Å²) in [6.07, 6.45) is 7.04. The molecular formula is C33H30FN7O2. The molecule has 4 aromatic heterocycles. The van der Waals surface area contributed by atoms with Gasteiger partial charge in [0, 0.05) is 58.3 Å². The van der Waals surface area contributed by atoms with E-state index in [4.69, 9.17) is 4.74 Å². The van der Waals surface area contributed by atoms with Crippen LogP contribution < -0.4 is 10.1 Å². The van der Waals surface area contributed by atoms with E-state index < -0.39 is 0 Å². The summed E-state index contributed by atoms with van der Waals surface area (Å²) in [5, 5.41) is 12.5. The predicted octanol–water partition coefficient (Wildman–Crippen LogP) is 6.26. The minimum absolute atomic E-state index is 0.0468. The number of hydrogen-bond acceptors (Lipinski definition) is 6. The highest BCUT2D eigenvalue weighted by molar-refractivity contribution is 6.01. The van der Waals surface area contributed by atoms with Gasteiger partial charge in [0.2, 0.25) is 5.91 Å². The number of benzene rings is 2. The zero-order chi connectivity index (χ0) is 29.5. The minimum atomic E-state index is -0.386. The van der Waals surface area contributed by atoms with Crippen molar-refractivity contribution in [3.8, 4) is 39.5 Å². The van der Waals surface area contributed by atoms with Crippen LogP contribution in [0.25, 0.3) is 55.6 Å². The SMILES string of the molecule is CN(C)CCOc1cc(F)cc(-c2nccc3[nH]c(-c4n[nH]c5ccc(-c6cncc(NC(=O)C7CC7)c6)cc45)cc23)c1. The Hall–Kier alpha value is -5.09. The molecule has 3 N–H and O–H groups in total. The lowest BCUT2D eigenvalue weighted by Crippen LogP contribution is -2.19. The van der Waals surface area contributed by atoms with Crippen LogP contribution in [0.3, 0.4) is 0 Å². The molecule has 1 saturated carbocycles. The van der Waals surface area contributed by atoms with Crippen molar-refractivity contribution >= 4 is 33.4 Å². The molecule has 0 spiro atoms. The van der Waals surface area contributed by atoms with Gasteiger partial charge in [0.25, 0.3) is 0 Å². The lowest BCUT2D eigenvalue weighted by Gasteiger charge is -2.12. The van der Waals surface area contributed by atoms with E-state index >= 15 is 0 Å². The fraction of sp³-hybridized carbons (Fsp3) is 0.212. The van der Waals surface area contributed by atoms with E-state index in [2.05, 4.69) is 36.5 Å². The highest BCUT2D eigenvalue weighted by atomic mass is 19.1. The monoisotopic (exact) mass is 575 g/mol. The quantitative estimate of drug-likeness (QED) is 0.188. The molecule has 1 fully saturated rings. The normalized spacial score (nSPS) is 13.2. The molecule has 0 radical (unpaired) electrons. The maximum Gasteiger partial charge on any atom is 0.227 e. The summed E-state index contributed by atoms with van der Waals surface area (Å²) in [4.78, 5) is 26.7. The third kappa shape index (κ3) is 5.56. The first-order valence-electron chi connectivity index (χ1n) is 14.2. The molecule has 1 amide bonds. The maximum absolute atomic E-state index is 14.6. The largest absolute Gasteiger partial charge is 0.492 e. The van der Waals surface area contributed by atoms with Crippen LogP contribution in [-0.2, 0) is 4.79 Å². The topological polar surface area (TPSA) is 112 Å². The number of aromatic nitrogens is 5. The molecule has 9 nitrogen and oxygen atoms in total. The second kappa shape index (κ2) is 11.0. The van der Waals surface area contributed by atoms with Crippen molar-refractivity contribution in [2.24, 2.45) is 5.92 Å². The predicted molar refractivity (Wildman–Crippen MR) is 165 cm³/mol. The highest BCUT2D eigenvalue weighted by Gasteiger charge is 2.29. The van der Waals surface area contributed by atoms with Gasteiger partial charge in [-0.2, -0.15) is 5.10 Å². The molecule has 216 valence electrons. The first-order valence-corrected chi connectivity index (χ1v) is 14.2. The first-order chi connectivity index (χ1) is 20.9. The number of aromatic amines is 2. The van der Waals surface area contributed by atoms with E-state index in [1.165, 1.54) is 12.1 Å². The van der Waals surface area contributed by atoms with Crippen molar-refractivity contribution in [2.45, 2.75) is 12.8 Å². The number of fused-ring (bicyclic) bond motifs is 2. The smallest absolute Gasteiger partial charge is 0.227 e. The van der Waals surface area contributed by atoms with Gasteiger partial charge in [0.1, 0.15) is 23.9 Å². The number of carbonyl (C=O) groups is 1. The molecule has 0 atom stereocenters. The zero-order valence-electron chi connectivity index (χ0n) is 23.8. The number of anilines is 1. The van der Waals surface area contributed by atoms with E-state index in [0.717, 1.165) is 63.7 Å². The number of hydrogen-bond donors (Lipinski definition) is 3. The molecule has 0 unspecified atom stereocenters. The third-order valence-corrected chi connectivity index (χ3v) is 7.61. The van der Waals surface area contributed by atoms with Crippen LogP contribution in [0, 0.1) is 11.7 Å². The third-order valence-electron chi connectivity index (χ3n) is 7.61. The van der Waals surface area contributed by atoms with Gasteiger partial charge >= 0.3 is 0 Å². The number of halogens is 1. The van der Waals surface area contributed by atoms with Crippen molar-refractivity contribution < 1.29 is 13.9 Å². The molecule has 1 aliphatic rings. The highest BCUT2D eigenvalue weighted by Crippen LogP contribution is 2.36. The summed E-state index contributed by atoms with van der Waals surface area (Å²) < 4.78 is 20.5. The van der Waals surface area contributed by atoms with Gasteiger partial charge in [-0.3, -0.25) is 19.9 Å². The molecule has 1 aliphatic carbocycles. The van der Waals surface area contributed by atoms with Crippen molar-refractivity contribution in [3.63, 3.8) is 0 Å². The molecule has 4 heterocycles. The van der Waals surface area contributed by atoms with Crippen LogP contribution in [-0.4, -0.2) is 63.2 Å². The molecule has 0 aliphatic heterocycles. The average molecular weight is 576 g/mol. The summed E-state index contributed by atoms with van der Waals surface area (Å²) >= 11 is 0. The van der Waals surface area contributed by atoms with E-state index in [0.29, 0.717) is 29.3 Å². The fourth-order valence-electron chi connectivity index (χ4n) is 5.20. The molecule has 2 aromatic carbocycles. The van der Waals surface area contributed by atoms with Gasteiger partial charge in [-0.25, -0.2) is 4.39 Å². The van der Waals surface area contributed by atoms with E-state index in [9.17, 15) is 9.18 Å². The number of nitrogens with zero attached hydrogens (tertiary/aromatic N) is 4. The maximum atomic E-state index is 14.6. The fourth-order valence-corrected chi connectivity index (χ4v) is 5.20. The number of rotatable bonds is 9. The van der Waals surface area contributed by atoms with Crippen molar-refractivity contribution in [1.29, 1.82) is 0 Å². The van der Waals surface area contributed by atoms with Crippen LogP contribution in [0.5, 0.6) is 5.75 Å². The average Bonchev–Trinajstić information content (AvgIpc) is 3.62. The van der Waals surface area contributed by atoms with Gasteiger partial charge in [-0.05, 0) is 75.0 Å².